The van der Waals surface area contributed by atoms with E-state index in [2.05, 4.69) is 0 Å². The summed E-state index contributed by atoms with van der Waals surface area (Å²) in [6.45, 7) is 4.85. The standard InChI is InChI=1S/C15H16O4S/c1-9-7-8-11(3)15(13(9)17)20(18,19)14-10(2)5-4-6-12(14)16/h4-8,16-17H,1-3H3. The molecular formula is C15H16O4S. The largest absolute Gasteiger partial charge is 0.507 e. The number of hydrogen-bond donors (Lipinski definition) is 2. The van der Waals surface area contributed by atoms with Crippen LogP contribution in [0.4, 0.5) is 0 Å². The zero-order chi connectivity index (χ0) is 15.1. The van der Waals surface area contributed by atoms with Crippen molar-refractivity contribution in [1.29, 1.82) is 0 Å². The lowest BCUT2D eigenvalue weighted by Gasteiger charge is -2.14. The summed E-state index contributed by atoms with van der Waals surface area (Å²) in [5.74, 6) is -0.585. The Hall–Kier alpha value is -2.01. The fourth-order valence-electron chi connectivity index (χ4n) is 2.20. The summed E-state index contributed by atoms with van der Waals surface area (Å²) in [5.41, 5.74) is 1.35. The number of sulfone groups is 1. The second-order valence-electron chi connectivity index (χ2n) is 4.80. The van der Waals surface area contributed by atoms with Crippen LogP contribution in [0.25, 0.3) is 0 Å². The Morgan fingerprint density at radius 2 is 1.35 bits per heavy atom. The molecule has 0 saturated carbocycles. The number of aryl methyl sites for hydroxylation is 3. The predicted octanol–water partition coefficient (Wildman–Crippen LogP) is 2.86. The van der Waals surface area contributed by atoms with Crippen LogP contribution in [0.1, 0.15) is 16.7 Å². The van der Waals surface area contributed by atoms with Gasteiger partial charge in [0, 0.05) is 0 Å². The average Bonchev–Trinajstić information content (AvgIpc) is 2.33. The highest BCUT2D eigenvalue weighted by Gasteiger charge is 2.28. The van der Waals surface area contributed by atoms with Gasteiger partial charge in [0.25, 0.3) is 0 Å². The van der Waals surface area contributed by atoms with E-state index in [4.69, 9.17) is 0 Å². The molecule has 2 rings (SSSR count). The molecule has 0 fully saturated rings. The van der Waals surface area contributed by atoms with Crippen molar-refractivity contribution in [3.63, 3.8) is 0 Å². The van der Waals surface area contributed by atoms with Crippen LogP contribution in [0, 0.1) is 20.8 Å². The fourth-order valence-corrected chi connectivity index (χ4v) is 4.15. The maximum Gasteiger partial charge on any atom is 0.214 e. The molecule has 0 radical (unpaired) electrons. The highest BCUT2D eigenvalue weighted by molar-refractivity contribution is 7.91. The molecule has 20 heavy (non-hydrogen) atoms. The molecule has 0 saturated heterocycles. The highest BCUT2D eigenvalue weighted by Crippen LogP contribution is 2.38. The summed E-state index contributed by atoms with van der Waals surface area (Å²) in [7, 11) is -3.98. The molecule has 0 bridgehead atoms. The Morgan fingerprint density at radius 3 is 1.95 bits per heavy atom. The zero-order valence-corrected chi connectivity index (χ0v) is 12.3. The van der Waals surface area contributed by atoms with Crippen LogP contribution >= 0.6 is 0 Å². The quantitative estimate of drug-likeness (QED) is 0.892. The molecule has 2 N–H and O–H groups in total. The van der Waals surface area contributed by atoms with Crippen molar-refractivity contribution in [3.8, 4) is 11.5 Å². The van der Waals surface area contributed by atoms with E-state index in [1.165, 1.54) is 6.07 Å². The first kappa shape index (κ1) is 14.4. The van der Waals surface area contributed by atoms with Gasteiger partial charge in [-0.15, -0.1) is 0 Å². The molecule has 0 aliphatic heterocycles. The Morgan fingerprint density at radius 1 is 0.800 bits per heavy atom. The molecular weight excluding hydrogens is 276 g/mol. The normalized spacial score (nSPS) is 11.6. The molecule has 0 aliphatic carbocycles. The number of phenols is 2. The van der Waals surface area contributed by atoms with E-state index in [1.807, 2.05) is 0 Å². The molecule has 0 amide bonds. The van der Waals surface area contributed by atoms with Crippen molar-refractivity contribution in [2.75, 3.05) is 0 Å². The van der Waals surface area contributed by atoms with Crippen LogP contribution in [0.5, 0.6) is 11.5 Å². The first-order valence-corrected chi connectivity index (χ1v) is 7.58. The van der Waals surface area contributed by atoms with Gasteiger partial charge in [0.1, 0.15) is 21.3 Å². The van der Waals surface area contributed by atoms with Crippen LogP contribution in [0.2, 0.25) is 0 Å². The summed E-state index contributed by atoms with van der Waals surface area (Å²) < 4.78 is 25.5. The third-order valence-electron chi connectivity index (χ3n) is 3.26. The van der Waals surface area contributed by atoms with Crippen molar-refractivity contribution >= 4 is 9.84 Å². The maximum atomic E-state index is 12.7. The molecule has 0 unspecified atom stereocenters. The minimum Gasteiger partial charge on any atom is -0.507 e. The van der Waals surface area contributed by atoms with Gasteiger partial charge in [-0.05, 0) is 43.5 Å². The SMILES string of the molecule is Cc1ccc(C)c(S(=O)(=O)c2c(C)cccc2O)c1O. The van der Waals surface area contributed by atoms with Crippen molar-refractivity contribution in [1.82, 2.24) is 0 Å². The predicted molar refractivity (Wildman–Crippen MR) is 75.9 cm³/mol. The molecule has 0 aliphatic rings. The Kier molecular flexibility index (Phi) is 3.48. The minimum atomic E-state index is -3.98. The van der Waals surface area contributed by atoms with Crippen LogP contribution in [-0.4, -0.2) is 18.6 Å². The summed E-state index contributed by atoms with van der Waals surface area (Å²) >= 11 is 0. The lowest BCUT2D eigenvalue weighted by atomic mass is 10.1. The molecule has 2 aromatic carbocycles. The third kappa shape index (κ3) is 2.14. The number of hydrogen-bond acceptors (Lipinski definition) is 4. The van der Waals surface area contributed by atoms with Gasteiger partial charge in [-0.1, -0.05) is 24.3 Å². The van der Waals surface area contributed by atoms with Gasteiger partial charge in [-0.3, -0.25) is 0 Å². The summed E-state index contributed by atoms with van der Waals surface area (Å²) in [5, 5.41) is 20.0. The van der Waals surface area contributed by atoms with Gasteiger partial charge >= 0.3 is 0 Å². The van der Waals surface area contributed by atoms with Crippen LogP contribution in [0.15, 0.2) is 40.1 Å². The van der Waals surface area contributed by atoms with Crippen molar-refractivity contribution in [3.05, 3.63) is 47.0 Å². The lowest BCUT2D eigenvalue weighted by Crippen LogP contribution is -2.07. The molecule has 2 aromatic rings. The molecule has 106 valence electrons. The number of rotatable bonds is 2. The molecule has 0 atom stereocenters. The summed E-state index contributed by atoms with van der Waals surface area (Å²) in [4.78, 5) is -0.314. The zero-order valence-electron chi connectivity index (χ0n) is 11.5. The average molecular weight is 292 g/mol. The Labute approximate surface area is 118 Å². The van der Waals surface area contributed by atoms with E-state index in [9.17, 15) is 18.6 Å². The second-order valence-corrected chi connectivity index (χ2v) is 6.63. The fraction of sp³-hybridized carbons (Fsp3) is 0.200. The van der Waals surface area contributed by atoms with Gasteiger partial charge < -0.3 is 10.2 Å². The molecule has 5 heteroatoms. The number of benzene rings is 2. The van der Waals surface area contributed by atoms with E-state index in [1.54, 1.807) is 45.0 Å². The van der Waals surface area contributed by atoms with E-state index >= 15 is 0 Å². The van der Waals surface area contributed by atoms with Gasteiger partial charge in [0.05, 0.1) is 0 Å². The topological polar surface area (TPSA) is 74.6 Å². The van der Waals surface area contributed by atoms with Gasteiger partial charge in [-0.25, -0.2) is 8.42 Å². The third-order valence-corrected chi connectivity index (χ3v) is 5.38. The first-order valence-electron chi connectivity index (χ1n) is 6.09. The van der Waals surface area contributed by atoms with Gasteiger partial charge in [-0.2, -0.15) is 0 Å². The van der Waals surface area contributed by atoms with Crippen molar-refractivity contribution in [2.24, 2.45) is 0 Å². The van der Waals surface area contributed by atoms with Gasteiger partial charge in [0.15, 0.2) is 0 Å². The van der Waals surface area contributed by atoms with Crippen LogP contribution in [0.3, 0.4) is 0 Å². The maximum absolute atomic E-state index is 12.7. The van der Waals surface area contributed by atoms with Crippen LogP contribution < -0.4 is 0 Å². The summed E-state index contributed by atoms with van der Waals surface area (Å²) in [6.07, 6.45) is 0. The molecule has 0 aromatic heterocycles. The van der Waals surface area contributed by atoms with E-state index < -0.39 is 9.84 Å². The van der Waals surface area contributed by atoms with Gasteiger partial charge in [0.2, 0.25) is 9.84 Å². The Bertz CT molecular complexity index is 756. The molecule has 4 nitrogen and oxygen atoms in total. The Balaban J connectivity index is 2.85. The van der Waals surface area contributed by atoms with E-state index in [0.717, 1.165) is 0 Å². The van der Waals surface area contributed by atoms with E-state index in [0.29, 0.717) is 16.7 Å². The molecule has 0 spiro atoms. The molecule has 0 heterocycles. The smallest absolute Gasteiger partial charge is 0.214 e. The van der Waals surface area contributed by atoms with Crippen molar-refractivity contribution in [2.45, 2.75) is 30.6 Å². The number of aromatic hydroxyl groups is 2. The van der Waals surface area contributed by atoms with E-state index in [-0.39, 0.29) is 21.3 Å². The summed E-state index contributed by atoms with van der Waals surface area (Å²) in [6, 6.07) is 7.79. The minimum absolute atomic E-state index is 0.151. The number of phenolic OH excluding ortho intramolecular Hbond substituents is 2. The van der Waals surface area contributed by atoms with Crippen molar-refractivity contribution < 1.29 is 18.6 Å². The highest BCUT2D eigenvalue weighted by atomic mass is 32.2. The first-order chi connectivity index (χ1) is 9.26. The second kappa shape index (κ2) is 4.83. The monoisotopic (exact) mass is 292 g/mol. The van der Waals surface area contributed by atoms with Crippen LogP contribution in [-0.2, 0) is 9.84 Å². The lowest BCUT2D eigenvalue weighted by molar-refractivity contribution is 0.449.